The predicted molar refractivity (Wildman–Crippen MR) is 154 cm³/mol. The Kier molecular flexibility index (Phi) is 8.21. The molecule has 0 spiro atoms. The van der Waals surface area contributed by atoms with Gasteiger partial charge in [-0.3, -0.25) is 9.69 Å². The van der Waals surface area contributed by atoms with Crippen LogP contribution in [0.1, 0.15) is 36.5 Å². The first-order valence-corrected chi connectivity index (χ1v) is 13.7. The highest BCUT2D eigenvalue weighted by Crippen LogP contribution is 2.38. The minimum Gasteiger partial charge on any atom is -0.341 e. The lowest BCUT2D eigenvalue weighted by molar-refractivity contribution is -0.137. The van der Waals surface area contributed by atoms with E-state index in [0.29, 0.717) is 35.5 Å². The molecular formula is C32H28F3N5O3. The molecule has 0 saturated carbocycles. The molecule has 43 heavy (non-hydrogen) atoms. The molecule has 3 aromatic rings. The number of anilines is 1. The number of likely N-dealkylation sites (tertiary alicyclic amines) is 1. The van der Waals surface area contributed by atoms with Gasteiger partial charge in [-0.2, -0.15) is 18.4 Å². The molecule has 0 atom stereocenters. The van der Waals surface area contributed by atoms with E-state index in [9.17, 15) is 32.8 Å². The molecule has 0 aromatic heterocycles. The number of allylic oxidation sites excluding steroid dienone is 1. The number of nitrogens with zero attached hydrogens (tertiary/aromatic N) is 4. The summed E-state index contributed by atoms with van der Waals surface area (Å²) in [4.78, 5) is 43.4. The lowest BCUT2D eigenvalue weighted by Gasteiger charge is -2.37. The summed E-state index contributed by atoms with van der Waals surface area (Å²) in [6.45, 7) is 2.32. The van der Waals surface area contributed by atoms with Gasteiger partial charge >= 0.3 is 18.2 Å². The van der Waals surface area contributed by atoms with Crippen LogP contribution in [0.3, 0.4) is 0 Å². The van der Waals surface area contributed by atoms with Crippen molar-refractivity contribution in [2.45, 2.75) is 25.9 Å². The second kappa shape index (κ2) is 12.0. The van der Waals surface area contributed by atoms with Crippen molar-refractivity contribution in [3.8, 4) is 17.2 Å². The van der Waals surface area contributed by atoms with Gasteiger partial charge in [0.25, 0.3) is 0 Å². The van der Waals surface area contributed by atoms with E-state index in [1.807, 2.05) is 12.1 Å². The number of amides is 5. The van der Waals surface area contributed by atoms with Gasteiger partial charge < -0.3 is 10.2 Å². The first-order chi connectivity index (χ1) is 20.6. The second-order valence-corrected chi connectivity index (χ2v) is 10.3. The molecule has 2 aliphatic rings. The molecule has 220 valence electrons. The van der Waals surface area contributed by atoms with Gasteiger partial charge in [0.05, 0.1) is 36.0 Å². The van der Waals surface area contributed by atoms with Gasteiger partial charge in [0, 0.05) is 18.8 Å². The van der Waals surface area contributed by atoms with Gasteiger partial charge in [-0.15, -0.1) is 0 Å². The highest BCUT2D eigenvalue weighted by molar-refractivity contribution is 6.09. The van der Waals surface area contributed by atoms with Gasteiger partial charge in [0.15, 0.2) is 0 Å². The number of rotatable bonds is 5. The van der Waals surface area contributed by atoms with Crippen molar-refractivity contribution in [2.75, 3.05) is 31.1 Å². The maximum Gasteiger partial charge on any atom is 0.416 e. The number of halogens is 3. The molecule has 1 fully saturated rings. The van der Waals surface area contributed by atoms with E-state index >= 15 is 0 Å². The molecule has 2 heterocycles. The van der Waals surface area contributed by atoms with Crippen molar-refractivity contribution in [3.05, 3.63) is 95.2 Å². The number of benzene rings is 3. The molecule has 2 aliphatic heterocycles. The first-order valence-electron chi connectivity index (χ1n) is 13.7. The summed E-state index contributed by atoms with van der Waals surface area (Å²) in [5.74, 6) is -0.275. The summed E-state index contributed by atoms with van der Waals surface area (Å²) in [5, 5.41) is 11.7. The van der Waals surface area contributed by atoms with Gasteiger partial charge in [-0.25, -0.2) is 14.5 Å². The topological polar surface area (TPSA) is 96.7 Å². The SMILES string of the molecule is CC1=C(c2ccccc2-c2ccc(C#N)cc2)CN(C(=O)NCC(=O)N2CCCC2)C(=O)N1c1cccc(C(F)(F)F)c1. The first kappa shape index (κ1) is 29.4. The Bertz CT molecular complexity index is 1640. The standard InChI is InChI=1S/C32H28F3N5O3/c1-21-28(27-10-3-2-9-26(27)23-13-11-22(18-36)12-14-23)20-39(30(42)37-19-29(41)38-15-4-5-16-38)31(43)40(21)25-8-6-7-24(17-25)32(33,34)35/h2-3,6-14,17H,4-5,15-16,19-20H2,1H3,(H,37,42). The number of carbonyl (C=O) groups excluding carboxylic acids is 3. The van der Waals surface area contributed by atoms with Crippen molar-refractivity contribution in [1.82, 2.24) is 15.1 Å². The van der Waals surface area contributed by atoms with Crippen LogP contribution in [0.15, 0.2) is 78.5 Å². The van der Waals surface area contributed by atoms with E-state index in [-0.39, 0.29) is 24.7 Å². The van der Waals surface area contributed by atoms with Crippen LogP contribution < -0.4 is 10.2 Å². The molecule has 11 heteroatoms. The molecule has 5 rings (SSSR count). The fraction of sp³-hybridized carbons (Fsp3) is 0.250. The van der Waals surface area contributed by atoms with Crippen LogP contribution in [0.2, 0.25) is 0 Å². The number of urea groups is 2. The number of nitrogens with one attached hydrogen (secondary N) is 1. The number of alkyl halides is 3. The highest BCUT2D eigenvalue weighted by Gasteiger charge is 2.38. The summed E-state index contributed by atoms with van der Waals surface area (Å²) >= 11 is 0. The van der Waals surface area contributed by atoms with E-state index in [1.54, 1.807) is 48.2 Å². The van der Waals surface area contributed by atoms with Crippen LogP contribution in [0.25, 0.3) is 16.7 Å². The Morgan fingerprint density at radius 3 is 2.28 bits per heavy atom. The molecule has 5 amide bonds. The second-order valence-electron chi connectivity index (χ2n) is 10.3. The zero-order chi connectivity index (χ0) is 30.7. The van der Waals surface area contributed by atoms with E-state index in [1.165, 1.54) is 12.1 Å². The van der Waals surface area contributed by atoms with Crippen LogP contribution in [-0.2, 0) is 11.0 Å². The average molecular weight is 588 g/mol. The van der Waals surface area contributed by atoms with Crippen LogP contribution in [0.5, 0.6) is 0 Å². The minimum atomic E-state index is -4.65. The molecule has 0 radical (unpaired) electrons. The van der Waals surface area contributed by atoms with Gasteiger partial charge in [-0.1, -0.05) is 42.5 Å². The summed E-state index contributed by atoms with van der Waals surface area (Å²) in [6.07, 6.45) is -2.89. The van der Waals surface area contributed by atoms with Crippen molar-refractivity contribution >= 4 is 29.2 Å². The highest BCUT2D eigenvalue weighted by atomic mass is 19.4. The number of hydrogen-bond donors (Lipinski definition) is 1. The normalized spacial score (nSPS) is 15.5. The summed E-state index contributed by atoms with van der Waals surface area (Å²) in [7, 11) is 0. The third-order valence-corrected chi connectivity index (χ3v) is 7.61. The van der Waals surface area contributed by atoms with E-state index < -0.39 is 23.8 Å². The minimum absolute atomic E-state index is 0.0590. The molecule has 0 bridgehead atoms. The molecular weight excluding hydrogens is 559 g/mol. The molecule has 0 unspecified atom stereocenters. The van der Waals surface area contributed by atoms with Gasteiger partial charge in [0.2, 0.25) is 5.91 Å². The lowest BCUT2D eigenvalue weighted by Crippen LogP contribution is -2.54. The average Bonchev–Trinajstić information content (AvgIpc) is 3.55. The van der Waals surface area contributed by atoms with Crippen molar-refractivity contribution in [2.24, 2.45) is 0 Å². The third-order valence-electron chi connectivity index (χ3n) is 7.61. The Labute approximate surface area is 246 Å². The van der Waals surface area contributed by atoms with Crippen molar-refractivity contribution in [3.63, 3.8) is 0 Å². The quantitative estimate of drug-likeness (QED) is 0.382. The summed E-state index contributed by atoms with van der Waals surface area (Å²) in [5.41, 5.74) is 2.51. The number of carbonyl (C=O) groups is 3. The maximum absolute atomic E-state index is 13.8. The zero-order valence-corrected chi connectivity index (χ0v) is 23.3. The van der Waals surface area contributed by atoms with Gasteiger partial charge in [0.1, 0.15) is 0 Å². The van der Waals surface area contributed by atoms with Crippen molar-refractivity contribution < 1.29 is 27.6 Å². The fourth-order valence-electron chi connectivity index (χ4n) is 5.35. The van der Waals surface area contributed by atoms with Crippen LogP contribution in [0.4, 0.5) is 28.4 Å². The smallest absolute Gasteiger partial charge is 0.341 e. The molecule has 3 aromatic carbocycles. The number of nitriles is 1. The largest absolute Gasteiger partial charge is 0.416 e. The van der Waals surface area contributed by atoms with E-state index in [0.717, 1.165) is 45.9 Å². The fourth-order valence-corrected chi connectivity index (χ4v) is 5.35. The predicted octanol–water partition coefficient (Wildman–Crippen LogP) is 6.25. The van der Waals surface area contributed by atoms with Crippen LogP contribution in [0, 0.1) is 11.3 Å². The zero-order valence-electron chi connectivity index (χ0n) is 23.3. The maximum atomic E-state index is 13.8. The third kappa shape index (κ3) is 6.09. The monoisotopic (exact) mass is 587 g/mol. The number of hydrogen-bond acceptors (Lipinski definition) is 4. The van der Waals surface area contributed by atoms with Crippen molar-refractivity contribution in [1.29, 1.82) is 5.26 Å². The molecule has 1 N–H and O–H groups in total. The summed E-state index contributed by atoms with van der Waals surface area (Å²) < 4.78 is 40.9. The Balaban J connectivity index is 1.57. The van der Waals surface area contributed by atoms with Crippen LogP contribution in [-0.4, -0.2) is 53.9 Å². The van der Waals surface area contributed by atoms with E-state index in [4.69, 9.17) is 0 Å². The Morgan fingerprint density at radius 1 is 0.953 bits per heavy atom. The number of imide groups is 1. The molecule has 1 saturated heterocycles. The Hall–Kier alpha value is -5.11. The Morgan fingerprint density at radius 2 is 1.63 bits per heavy atom. The molecule has 8 nitrogen and oxygen atoms in total. The van der Waals surface area contributed by atoms with Crippen LogP contribution >= 0.6 is 0 Å². The van der Waals surface area contributed by atoms with E-state index in [2.05, 4.69) is 11.4 Å². The lowest BCUT2D eigenvalue weighted by atomic mass is 9.91. The van der Waals surface area contributed by atoms with Gasteiger partial charge in [-0.05, 0) is 72.4 Å². The summed E-state index contributed by atoms with van der Waals surface area (Å²) in [6, 6.07) is 18.9. The molecule has 0 aliphatic carbocycles.